The van der Waals surface area contributed by atoms with Gasteiger partial charge in [0.15, 0.2) is 0 Å². The number of anilines is 1. The van der Waals surface area contributed by atoms with Crippen molar-refractivity contribution in [1.82, 2.24) is 0 Å². The summed E-state index contributed by atoms with van der Waals surface area (Å²) in [4.78, 5) is 11.2. The minimum Gasteiger partial charge on any atom is -0.466 e. The van der Waals surface area contributed by atoms with Crippen molar-refractivity contribution in [3.63, 3.8) is 0 Å². The molecule has 1 rings (SSSR count). The van der Waals surface area contributed by atoms with Crippen molar-refractivity contribution in [1.29, 1.82) is 0 Å². The molecule has 0 heterocycles. The molecule has 0 amide bonds. The number of carbonyl (C=O) groups excluding carboxylic acids is 1. The molecule has 17 heavy (non-hydrogen) atoms. The lowest BCUT2D eigenvalue weighted by atomic mass is 10.1. The predicted octanol–water partition coefficient (Wildman–Crippen LogP) is 3.38. The Hall–Kier alpha value is -1.03. The average Bonchev–Trinajstić information content (AvgIpc) is 2.31. The fourth-order valence-corrected chi connectivity index (χ4v) is 1.97. The summed E-state index contributed by atoms with van der Waals surface area (Å²) in [6.45, 7) is 4.97. The van der Waals surface area contributed by atoms with Crippen molar-refractivity contribution < 1.29 is 9.53 Å². The van der Waals surface area contributed by atoms with Gasteiger partial charge in [-0.3, -0.25) is 4.79 Å². The van der Waals surface area contributed by atoms with E-state index < -0.39 is 0 Å². The van der Waals surface area contributed by atoms with E-state index in [1.54, 1.807) is 0 Å². The number of hydrogen-bond acceptors (Lipinski definition) is 3. The first-order chi connectivity index (χ1) is 8.17. The molecule has 0 radical (unpaired) electrons. The third-order valence-corrected chi connectivity index (χ3v) is 2.89. The molecule has 1 aromatic rings. The van der Waals surface area contributed by atoms with Crippen LogP contribution in [0.1, 0.15) is 25.8 Å². The highest BCUT2D eigenvalue weighted by molar-refractivity contribution is 9.10. The van der Waals surface area contributed by atoms with Crippen LogP contribution in [0.5, 0.6) is 0 Å². The van der Waals surface area contributed by atoms with Gasteiger partial charge in [0.25, 0.3) is 0 Å². The summed E-state index contributed by atoms with van der Waals surface area (Å²) in [5.74, 6) is -0.157. The molecule has 0 saturated heterocycles. The number of carbonyl (C=O) groups is 1. The van der Waals surface area contributed by atoms with Crippen LogP contribution in [0.3, 0.4) is 0 Å². The molecule has 0 spiro atoms. The van der Waals surface area contributed by atoms with Gasteiger partial charge in [-0.05, 0) is 37.1 Å². The second kappa shape index (κ2) is 7.33. The maximum Gasteiger partial charge on any atom is 0.307 e. The Morgan fingerprint density at radius 3 is 2.82 bits per heavy atom. The van der Waals surface area contributed by atoms with E-state index in [0.717, 1.165) is 16.6 Å². The van der Waals surface area contributed by atoms with E-state index in [9.17, 15) is 4.79 Å². The largest absolute Gasteiger partial charge is 0.466 e. The summed E-state index contributed by atoms with van der Waals surface area (Å²) in [7, 11) is 0. The van der Waals surface area contributed by atoms with E-state index >= 15 is 0 Å². The first-order valence-corrected chi connectivity index (χ1v) is 6.64. The van der Waals surface area contributed by atoms with E-state index in [1.807, 2.05) is 19.1 Å². The monoisotopic (exact) mass is 299 g/mol. The number of hydrogen-bond donors (Lipinski definition) is 1. The quantitative estimate of drug-likeness (QED) is 0.819. The van der Waals surface area contributed by atoms with Crippen molar-refractivity contribution in [3.8, 4) is 0 Å². The second-order valence-electron chi connectivity index (χ2n) is 3.64. The third-order valence-electron chi connectivity index (χ3n) is 2.40. The number of rotatable bonds is 6. The van der Waals surface area contributed by atoms with Crippen LogP contribution in [0.25, 0.3) is 0 Å². The van der Waals surface area contributed by atoms with Crippen LogP contribution in [0.15, 0.2) is 22.7 Å². The molecule has 0 bridgehead atoms. The van der Waals surface area contributed by atoms with Gasteiger partial charge in [-0.2, -0.15) is 0 Å². The van der Waals surface area contributed by atoms with E-state index in [1.165, 1.54) is 5.56 Å². The van der Waals surface area contributed by atoms with Crippen LogP contribution >= 0.6 is 15.9 Å². The smallest absolute Gasteiger partial charge is 0.307 e. The van der Waals surface area contributed by atoms with Gasteiger partial charge in [0.2, 0.25) is 0 Å². The molecule has 0 saturated carbocycles. The van der Waals surface area contributed by atoms with Crippen LogP contribution in [-0.2, 0) is 16.0 Å². The molecule has 0 unspecified atom stereocenters. The second-order valence-corrected chi connectivity index (χ2v) is 4.55. The van der Waals surface area contributed by atoms with Crippen LogP contribution in [0, 0.1) is 0 Å². The maximum absolute atomic E-state index is 11.2. The number of nitrogens with one attached hydrogen (secondary N) is 1. The zero-order chi connectivity index (χ0) is 12.7. The van der Waals surface area contributed by atoms with E-state index in [0.29, 0.717) is 19.6 Å². The van der Waals surface area contributed by atoms with Crippen molar-refractivity contribution >= 4 is 27.6 Å². The predicted molar refractivity (Wildman–Crippen MR) is 73.3 cm³/mol. The first kappa shape index (κ1) is 14.0. The fourth-order valence-electron chi connectivity index (χ4n) is 1.56. The molecule has 0 atom stereocenters. The molecular weight excluding hydrogens is 282 g/mol. The van der Waals surface area contributed by atoms with Crippen LogP contribution in [0.4, 0.5) is 5.69 Å². The van der Waals surface area contributed by atoms with Gasteiger partial charge >= 0.3 is 5.97 Å². The zero-order valence-electron chi connectivity index (χ0n) is 10.3. The van der Waals surface area contributed by atoms with Crippen LogP contribution < -0.4 is 5.32 Å². The van der Waals surface area contributed by atoms with Gasteiger partial charge in [0.05, 0.1) is 13.0 Å². The maximum atomic E-state index is 11.2. The van der Waals surface area contributed by atoms with E-state index in [2.05, 4.69) is 34.2 Å². The molecule has 0 aliphatic rings. The Morgan fingerprint density at radius 2 is 2.18 bits per heavy atom. The molecule has 0 aromatic heterocycles. The Morgan fingerprint density at radius 1 is 1.41 bits per heavy atom. The van der Waals surface area contributed by atoms with Gasteiger partial charge < -0.3 is 10.1 Å². The highest BCUT2D eigenvalue weighted by atomic mass is 79.9. The molecule has 0 aliphatic carbocycles. The van der Waals surface area contributed by atoms with Crippen LogP contribution in [0.2, 0.25) is 0 Å². The third kappa shape index (κ3) is 4.77. The normalized spacial score (nSPS) is 10.1. The SMILES string of the molecule is CCOC(=O)CCNc1ccc(Br)cc1CC. The number of ether oxygens (including phenoxy) is 1. The average molecular weight is 300 g/mol. The zero-order valence-corrected chi connectivity index (χ0v) is 11.8. The molecule has 1 aromatic carbocycles. The standard InChI is InChI=1S/C13H18BrNO2/c1-3-10-9-11(14)5-6-12(10)15-8-7-13(16)17-4-2/h5-6,9,15H,3-4,7-8H2,1-2H3. The van der Waals surface area contributed by atoms with Gasteiger partial charge in [0, 0.05) is 16.7 Å². The first-order valence-electron chi connectivity index (χ1n) is 5.85. The van der Waals surface area contributed by atoms with Crippen molar-refractivity contribution in [2.24, 2.45) is 0 Å². The molecule has 94 valence electrons. The Bertz CT molecular complexity index is 380. The fraction of sp³-hybridized carbons (Fsp3) is 0.462. The highest BCUT2D eigenvalue weighted by Crippen LogP contribution is 2.21. The lowest BCUT2D eigenvalue weighted by molar-refractivity contribution is -0.142. The van der Waals surface area contributed by atoms with Gasteiger partial charge in [0.1, 0.15) is 0 Å². The van der Waals surface area contributed by atoms with Crippen LogP contribution in [-0.4, -0.2) is 19.1 Å². The van der Waals surface area contributed by atoms with Gasteiger partial charge in [-0.1, -0.05) is 22.9 Å². The Balaban J connectivity index is 2.49. The summed E-state index contributed by atoms with van der Waals surface area (Å²) in [5.41, 5.74) is 2.32. The van der Waals surface area contributed by atoms with Crippen molar-refractivity contribution in [2.45, 2.75) is 26.7 Å². The number of aryl methyl sites for hydroxylation is 1. The molecule has 1 N–H and O–H groups in total. The molecule has 3 nitrogen and oxygen atoms in total. The van der Waals surface area contributed by atoms with Gasteiger partial charge in [-0.15, -0.1) is 0 Å². The summed E-state index contributed by atoms with van der Waals surface area (Å²) in [6, 6.07) is 6.10. The number of halogens is 1. The Labute approximate surface area is 111 Å². The summed E-state index contributed by atoms with van der Waals surface area (Å²) in [6.07, 6.45) is 1.36. The molecule has 0 fully saturated rings. The lowest BCUT2D eigenvalue weighted by Gasteiger charge is -2.11. The minimum atomic E-state index is -0.157. The lowest BCUT2D eigenvalue weighted by Crippen LogP contribution is -2.12. The molecule has 0 aliphatic heterocycles. The van der Waals surface area contributed by atoms with Gasteiger partial charge in [-0.25, -0.2) is 0 Å². The topological polar surface area (TPSA) is 38.3 Å². The molecular formula is C13H18BrNO2. The summed E-state index contributed by atoms with van der Waals surface area (Å²) in [5, 5.41) is 3.26. The van der Waals surface area contributed by atoms with Crippen molar-refractivity contribution in [3.05, 3.63) is 28.2 Å². The van der Waals surface area contributed by atoms with E-state index in [-0.39, 0.29) is 5.97 Å². The highest BCUT2D eigenvalue weighted by Gasteiger charge is 2.04. The van der Waals surface area contributed by atoms with Crippen molar-refractivity contribution in [2.75, 3.05) is 18.5 Å². The summed E-state index contributed by atoms with van der Waals surface area (Å²) < 4.78 is 5.94. The summed E-state index contributed by atoms with van der Waals surface area (Å²) >= 11 is 3.45. The van der Waals surface area contributed by atoms with E-state index in [4.69, 9.17) is 4.74 Å². The minimum absolute atomic E-state index is 0.157. The Kier molecular flexibility index (Phi) is 6.05. The molecule has 4 heteroatoms. The number of benzene rings is 1. The number of esters is 1.